The van der Waals surface area contributed by atoms with Gasteiger partial charge >= 0.3 is 0 Å². The Morgan fingerprint density at radius 3 is 2.54 bits per heavy atom. The zero-order chi connectivity index (χ0) is 9.90. The summed E-state index contributed by atoms with van der Waals surface area (Å²) in [5.41, 5.74) is 9.19. The molecule has 0 spiro atoms. The fourth-order valence-corrected chi connectivity index (χ4v) is 1.65. The first-order valence-corrected chi connectivity index (χ1v) is 4.88. The molecule has 0 heterocycles. The molecule has 1 aliphatic carbocycles. The first-order chi connectivity index (χ1) is 6.05. The normalized spacial score (nSPS) is 17.8. The molecule has 0 unspecified atom stereocenters. The summed E-state index contributed by atoms with van der Waals surface area (Å²) in [5.74, 6) is 0. The predicted octanol–water partition coefficient (Wildman–Crippen LogP) is 2.36. The van der Waals surface area contributed by atoms with Crippen molar-refractivity contribution in [1.29, 1.82) is 0 Å². The SMILES string of the molecule is CNNC1=C(C(C)(C)C)C=CCC1. The van der Waals surface area contributed by atoms with Gasteiger partial charge in [-0.25, -0.2) is 5.43 Å². The number of nitrogens with one attached hydrogen (secondary N) is 2. The summed E-state index contributed by atoms with van der Waals surface area (Å²) in [6, 6.07) is 0. The van der Waals surface area contributed by atoms with Gasteiger partial charge in [0, 0.05) is 12.7 Å². The third-order valence-corrected chi connectivity index (χ3v) is 2.25. The highest BCUT2D eigenvalue weighted by molar-refractivity contribution is 5.32. The van der Waals surface area contributed by atoms with Gasteiger partial charge in [-0.1, -0.05) is 32.9 Å². The van der Waals surface area contributed by atoms with Crippen LogP contribution in [0.25, 0.3) is 0 Å². The molecule has 1 rings (SSSR count). The minimum atomic E-state index is 0.232. The van der Waals surface area contributed by atoms with E-state index in [9.17, 15) is 0 Å². The van der Waals surface area contributed by atoms with E-state index in [1.807, 2.05) is 7.05 Å². The zero-order valence-corrected chi connectivity index (χ0v) is 9.07. The Morgan fingerprint density at radius 1 is 1.31 bits per heavy atom. The highest BCUT2D eigenvalue weighted by atomic mass is 15.3. The van der Waals surface area contributed by atoms with Gasteiger partial charge in [-0.3, -0.25) is 0 Å². The van der Waals surface area contributed by atoms with Crippen molar-refractivity contribution in [2.24, 2.45) is 5.41 Å². The third-order valence-electron chi connectivity index (χ3n) is 2.25. The lowest BCUT2D eigenvalue weighted by Crippen LogP contribution is -2.30. The number of hydrazine groups is 1. The molecule has 0 aromatic heterocycles. The number of hydrogen-bond acceptors (Lipinski definition) is 2. The van der Waals surface area contributed by atoms with E-state index in [1.165, 1.54) is 11.3 Å². The second kappa shape index (κ2) is 3.97. The van der Waals surface area contributed by atoms with Crippen molar-refractivity contribution in [3.63, 3.8) is 0 Å². The lowest BCUT2D eigenvalue weighted by atomic mass is 9.82. The monoisotopic (exact) mass is 180 g/mol. The van der Waals surface area contributed by atoms with Gasteiger partial charge in [0.1, 0.15) is 0 Å². The molecule has 0 fully saturated rings. The molecule has 74 valence electrons. The van der Waals surface area contributed by atoms with Crippen molar-refractivity contribution in [2.75, 3.05) is 7.05 Å². The first kappa shape index (κ1) is 10.3. The second-order valence-electron chi connectivity index (χ2n) is 4.46. The fourth-order valence-electron chi connectivity index (χ4n) is 1.65. The van der Waals surface area contributed by atoms with E-state index < -0.39 is 0 Å². The largest absolute Gasteiger partial charge is 0.326 e. The Hall–Kier alpha value is -0.760. The van der Waals surface area contributed by atoms with Gasteiger partial charge in [0.25, 0.3) is 0 Å². The molecular weight excluding hydrogens is 160 g/mol. The van der Waals surface area contributed by atoms with Crippen LogP contribution in [0.4, 0.5) is 0 Å². The molecular formula is C11H20N2. The van der Waals surface area contributed by atoms with Crippen molar-refractivity contribution < 1.29 is 0 Å². The van der Waals surface area contributed by atoms with Crippen LogP contribution in [0.3, 0.4) is 0 Å². The van der Waals surface area contributed by atoms with Crippen LogP contribution >= 0.6 is 0 Å². The molecule has 0 aromatic rings. The van der Waals surface area contributed by atoms with E-state index in [2.05, 4.69) is 43.8 Å². The van der Waals surface area contributed by atoms with E-state index in [0.717, 1.165) is 12.8 Å². The average molecular weight is 180 g/mol. The van der Waals surface area contributed by atoms with Crippen LogP contribution < -0.4 is 10.9 Å². The van der Waals surface area contributed by atoms with E-state index in [4.69, 9.17) is 0 Å². The molecule has 0 atom stereocenters. The van der Waals surface area contributed by atoms with Crippen molar-refractivity contribution in [3.8, 4) is 0 Å². The van der Waals surface area contributed by atoms with Crippen LogP contribution in [-0.4, -0.2) is 7.05 Å². The fraction of sp³-hybridized carbons (Fsp3) is 0.636. The Kier molecular flexibility index (Phi) is 3.15. The maximum absolute atomic E-state index is 3.22. The summed E-state index contributed by atoms with van der Waals surface area (Å²) in [7, 11) is 1.91. The minimum Gasteiger partial charge on any atom is -0.326 e. The molecule has 0 saturated carbocycles. The molecule has 0 aliphatic heterocycles. The van der Waals surface area contributed by atoms with Crippen molar-refractivity contribution >= 4 is 0 Å². The summed E-state index contributed by atoms with van der Waals surface area (Å²) < 4.78 is 0. The Balaban J connectivity index is 2.91. The quantitative estimate of drug-likeness (QED) is 0.637. The molecule has 0 amide bonds. The van der Waals surface area contributed by atoms with E-state index >= 15 is 0 Å². The predicted molar refractivity (Wildman–Crippen MR) is 57.1 cm³/mol. The molecule has 0 saturated heterocycles. The minimum absolute atomic E-state index is 0.232. The standard InChI is InChI=1S/C11H20N2/c1-11(2,3)9-7-5-6-8-10(9)13-12-4/h5,7,12-13H,6,8H2,1-4H3. The average Bonchev–Trinajstić information content (AvgIpc) is 2.04. The molecule has 0 radical (unpaired) electrons. The molecule has 13 heavy (non-hydrogen) atoms. The van der Waals surface area contributed by atoms with Gasteiger partial charge in [0.2, 0.25) is 0 Å². The summed E-state index contributed by atoms with van der Waals surface area (Å²) >= 11 is 0. The second-order valence-corrected chi connectivity index (χ2v) is 4.46. The zero-order valence-electron chi connectivity index (χ0n) is 9.07. The Labute approximate surface area is 81.1 Å². The molecule has 0 aromatic carbocycles. The van der Waals surface area contributed by atoms with Crippen LogP contribution in [0.5, 0.6) is 0 Å². The summed E-state index contributed by atoms with van der Waals surface area (Å²) in [6.07, 6.45) is 6.75. The van der Waals surface area contributed by atoms with Gasteiger partial charge < -0.3 is 5.43 Å². The van der Waals surface area contributed by atoms with Crippen molar-refractivity contribution in [3.05, 3.63) is 23.4 Å². The third kappa shape index (κ3) is 2.59. The lowest BCUT2D eigenvalue weighted by Gasteiger charge is -2.27. The molecule has 2 heteroatoms. The van der Waals surface area contributed by atoms with Crippen LogP contribution in [0.15, 0.2) is 23.4 Å². The maximum Gasteiger partial charge on any atom is 0.0301 e. The maximum atomic E-state index is 3.22. The molecule has 0 bridgehead atoms. The van der Waals surface area contributed by atoms with Crippen molar-refractivity contribution in [1.82, 2.24) is 10.9 Å². The first-order valence-electron chi connectivity index (χ1n) is 4.88. The summed E-state index contributed by atoms with van der Waals surface area (Å²) in [5, 5.41) is 0. The van der Waals surface area contributed by atoms with Gasteiger partial charge in [-0.2, -0.15) is 0 Å². The number of allylic oxidation sites excluding steroid dienone is 4. The highest BCUT2D eigenvalue weighted by Gasteiger charge is 2.20. The Morgan fingerprint density at radius 2 is 2.00 bits per heavy atom. The van der Waals surface area contributed by atoms with E-state index in [-0.39, 0.29) is 5.41 Å². The smallest absolute Gasteiger partial charge is 0.0301 e. The highest BCUT2D eigenvalue weighted by Crippen LogP contribution is 2.32. The molecule has 1 aliphatic rings. The summed E-state index contributed by atoms with van der Waals surface area (Å²) in [4.78, 5) is 0. The van der Waals surface area contributed by atoms with E-state index in [0.29, 0.717) is 0 Å². The number of hydrogen-bond donors (Lipinski definition) is 2. The molecule has 2 nitrogen and oxygen atoms in total. The van der Waals surface area contributed by atoms with Crippen LogP contribution in [-0.2, 0) is 0 Å². The van der Waals surface area contributed by atoms with E-state index in [1.54, 1.807) is 0 Å². The lowest BCUT2D eigenvalue weighted by molar-refractivity contribution is 0.491. The molecule has 2 N–H and O–H groups in total. The van der Waals surface area contributed by atoms with Gasteiger partial charge in [-0.15, -0.1) is 0 Å². The van der Waals surface area contributed by atoms with Crippen LogP contribution in [0.1, 0.15) is 33.6 Å². The van der Waals surface area contributed by atoms with Gasteiger partial charge in [-0.05, 0) is 23.8 Å². The van der Waals surface area contributed by atoms with Crippen LogP contribution in [0.2, 0.25) is 0 Å². The van der Waals surface area contributed by atoms with Gasteiger partial charge in [0.05, 0.1) is 0 Å². The van der Waals surface area contributed by atoms with Crippen molar-refractivity contribution in [2.45, 2.75) is 33.6 Å². The van der Waals surface area contributed by atoms with Gasteiger partial charge in [0.15, 0.2) is 0 Å². The number of rotatable bonds is 2. The summed E-state index contributed by atoms with van der Waals surface area (Å²) in [6.45, 7) is 6.74. The Bertz CT molecular complexity index is 231. The topological polar surface area (TPSA) is 24.1 Å². The van der Waals surface area contributed by atoms with Crippen LogP contribution in [0, 0.1) is 5.41 Å².